The van der Waals surface area contributed by atoms with Gasteiger partial charge in [-0.05, 0) is 30.5 Å². The van der Waals surface area contributed by atoms with Crippen molar-refractivity contribution in [2.75, 3.05) is 5.75 Å². The van der Waals surface area contributed by atoms with E-state index in [0.717, 1.165) is 29.7 Å². The number of halogens is 1. The summed E-state index contributed by atoms with van der Waals surface area (Å²) in [5, 5.41) is 4.92. The first-order valence-electron chi connectivity index (χ1n) is 7.52. The Kier molecular flexibility index (Phi) is 3.62. The molecule has 120 valence electrons. The van der Waals surface area contributed by atoms with E-state index >= 15 is 0 Å². The van der Waals surface area contributed by atoms with Crippen molar-refractivity contribution in [3.63, 3.8) is 0 Å². The third kappa shape index (κ3) is 2.59. The number of terminal acetylenes is 1. The first kappa shape index (κ1) is 15.0. The van der Waals surface area contributed by atoms with E-state index in [9.17, 15) is 9.18 Å². The highest BCUT2D eigenvalue weighted by molar-refractivity contribution is 7.99. The van der Waals surface area contributed by atoms with Crippen LogP contribution in [0.5, 0.6) is 0 Å². The molecule has 0 saturated heterocycles. The van der Waals surface area contributed by atoms with E-state index < -0.39 is 0 Å². The lowest BCUT2D eigenvalue weighted by atomic mass is 10.0. The van der Waals surface area contributed by atoms with E-state index in [0.29, 0.717) is 22.5 Å². The summed E-state index contributed by atoms with van der Waals surface area (Å²) in [6.45, 7) is 0. The van der Waals surface area contributed by atoms with Gasteiger partial charge in [-0.15, -0.1) is 6.42 Å². The van der Waals surface area contributed by atoms with Crippen molar-refractivity contribution in [1.82, 2.24) is 19.6 Å². The Hall–Kier alpha value is -2.59. The quantitative estimate of drug-likeness (QED) is 0.586. The molecule has 0 bridgehead atoms. The number of hydrogen-bond donors (Lipinski definition) is 1. The van der Waals surface area contributed by atoms with Gasteiger partial charge in [0.25, 0.3) is 0 Å². The molecule has 1 saturated carbocycles. The number of aromatic amines is 1. The normalized spacial score (nSPS) is 14.0. The fourth-order valence-corrected chi connectivity index (χ4v) is 3.18. The summed E-state index contributed by atoms with van der Waals surface area (Å²) >= 11 is 1.29. The summed E-state index contributed by atoms with van der Waals surface area (Å²) in [4.78, 5) is 19.5. The molecule has 0 amide bonds. The molecule has 0 unspecified atom stereocenters. The summed E-state index contributed by atoms with van der Waals surface area (Å²) in [6.07, 6.45) is 7.34. The van der Waals surface area contributed by atoms with Gasteiger partial charge in [0, 0.05) is 5.92 Å². The van der Waals surface area contributed by atoms with Gasteiger partial charge in [-0.3, -0.25) is 4.98 Å². The zero-order valence-corrected chi connectivity index (χ0v) is 13.4. The summed E-state index contributed by atoms with van der Waals surface area (Å²) < 4.78 is 14.6. The number of thioether (sulfide) groups is 1. The molecular formula is C17H13FN4OS. The van der Waals surface area contributed by atoms with Gasteiger partial charge >= 0.3 is 5.69 Å². The van der Waals surface area contributed by atoms with Crippen LogP contribution in [0, 0.1) is 18.2 Å². The van der Waals surface area contributed by atoms with E-state index in [1.165, 1.54) is 28.4 Å². The summed E-state index contributed by atoms with van der Waals surface area (Å²) in [5.74, 6) is 2.94. The number of hydrogen-bond acceptors (Lipinski definition) is 4. The maximum Gasteiger partial charge on any atom is 0.350 e. The van der Waals surface area contributed by atoms with E-state index in [2.05, 4.69) is 21.0 Å². The second-order valence-electron chi connectivity index (χ2n) is 5.62. The molecule has 3 aromatic rings. The van der Waals surface area contributed by atoms with E-state index in [1.54, 1.807) is 12.1 Å². The molecule has 1 aliphatic carbocycles. The van der Waals surface area contributed by atoms with Crippen molar-refractivity contribution in [2.24, 2.45) is 0 Å². The summed E-state index contributed by atoms with van der Waals surface area (Å²) in [6, 6.07) is 6.18. The molecule has 1 N–H and O–H groups in total. The number of fused-ring (bicyclic) bond motifs is 1. The molecule has 24 heavy (non-hydrogen) atoms. The highest BCUT2D eigenvalue weighted by Crippen LogP contribution is 2.44. The van der Waals surface area contributed by atoms with Crippen LogP contribution in [0.25, 0.3) is 16.8 Å². The number of rotatable bonds is 4. The number of benzene rings is 1. The van der Waals surface area contributed by atoms with Gasteiger partial charge in [-0.2, -0.15) is 9.61 Å². The lowest BCUT2D eigenvalue weighted by Crippen LogP contribution is -2.19. The fraction of sp³-hybridized carbons (Fsp3) is 0.235. The molecule has 0 atom stereocenters. The van der Waals surface area contributed by atoms with Crippen molar-refractivity contribution < 1.29 is 4.39 Å². The van der Waals surface area contributed by atoms with Gasteiger partial charge in [0.2, 0.25) is 0 Å². The number of aromatic nitrogens is 4. The van der Waals surface area contributed by atoms with Crippen molar-refractivity contribution in [3.8, 4) is 23.5 Å². The lowest BCUT2D eigenvalue weighted by molar-refractivity contribution is 0.628. The van der Waals surface area contributed by atoms with Crippen LogP contribution in [0.3, 0.4) is 0 Å². The van der Waals surface area contributed by atoms with Gasteiger partial charge in [0.1, 0.15) is 5.82 Å². The molecule has 0 radical (unpaired) electrons. The number of nitrogens with zero attached hydrogens (tertiary/aromatic N) is 3. The van der Waals surface area contributed by atoms with Gasteiger partial charge in [0.05, 0.1) is 17.0 Å². The Morgan fingerprint density at radius 3 is 2.79 bits per heavy atom. The SMILES string of the molecule is C#CCSc1nc2c(-c3ccc(F)cc3)c(C3CC3)nn2c(=O)[nH]1. The largest absolute Gasteiger partial charge is 0.350 e. The van der Waals surface area contributed by atoms with Crippen LogP contribution in [0.2, 0.25) is 0 Å². The topological polar surface area (TPSA) is 63.1 Å². The monoisotopic (exact) mass is 340 g/mol. The van der Waals surface area contributed by atoms with Crippen molar-refractivity contribution in [2.45, 2.75) is 23.9 Å². The maximum absolute atomic E-state index is 13.3. The van der Waals surface area contributed by atoms with Crippen LogP contribution in [-0.4, -0.2) is 25.3 Å². The summed E-state index contributed by atoms with van der Waals surface area (Å²) in [7, 11) is 0. The van der Waals surface area contributed by atoms with Crippen molar-refractivity contribution in [1.29, 1.82) is 0 Å². The molecule has 4 rings (SSSR count). The minimum absolute atomic E-state index is 0.306. The molecule has 0 spiro atoms. The first-order chi connectivity index (χ1) is 11.7. The third-order valence-electron chi connectivity index (χ3n) is 3.89. The lowest BCUT2D eigenvalue weighted by Gasteiger charge is -2.03. The van der Waals surface area contributed by atoms with Gasteiger partial charge in [-0.1, -0.05) is 29.8 Å². The Morgan fingerprint density at radius 2 is 2.12 bits per heavy atom. The highest BCUT2D eigenvalue weighted by atomic mass is 32.2. The Morgan fingerprint density at radius 1 is 1.38 bits per heavy atom. The van der Waals surface area contributed by atoms with Crippen LogP contribution in [0.15, 0.2) is 34.2 Å². The molecule has 7 heteroatoms. The predicted octanol–water partition coefficient (Wildman–Crippen LogP) is 2.83. The second-order valence-corrected chi connectivity index (χ2v) is 6.58. The molecule has 2 heterocycles. The predicted molar refractivity (Wildman–Crippen MR) is 90.5 cm³/mol. The Balaban J connectivity index is 1.96. The number of nitrogens with one attached hydrogen (secondary N) is 1. The minimum Gasteiger partial charge on any atom is -0.285 e. The van der Waals surface area contributed by atoms with Crippen LogP contribution in [0.4, 0.5) is 4.39 Å². The smallest absolute Gasteiger partial charge is 0.285 e. The van der Waals surface area contributed by atoms with Crippen LogP contribution >= 0.6 is 11.8 Å². The Labute approximate surface area is 141 Å². The molecular weight excluding hydrogens is 327 g/mol. The van der Waals surface area contributed by atoms with Gasteiger partial charge in [-0.25, -0.2) is 14.2 Å². The zero-order valence-electron chi connectivity index (χ0n) is 12.6. The van der Waals surface area contributed by atoms with Crippen LogP contribution < -0.4 is 5.69 Å². The first-order valence-corrected chi connectivity index (χ1v) is 8.51. The minimum atomic E-state index is -0.352. The van der Waals surface area contributed by atoms with E-state index in [-0.39, 0.29) is 11.5 Å². The maximum atomic E-state index is 13.3. The van der Waals surface area contributed by atoms with Crippen LogP contribution in [0.1, 0.15) is 24.5 Å². The number of H-pyrrole nitrogens is 1. The van der Waals surface area contributed by atoms with Crippen LogP contribution in [-0.2, 0) is 0 Å². The highest BCUT2D eigenvalue weighted by Gasteiger charge is 2.32. The molecule has 1 fully saturated rings. The summed E-state index contributed by atoms with van der Waals surface area (Å²) in [5.41, 5.74) is 2.57. The fourth-order valence-electron chi connectivity index (χ4n) is 2.65. The molecule has 1 aromatic carbocycles. The van der Waals surface area contributed by atoms with Crippen molar-refractivity contribution in [3.05, 3.63) is 46.3 Å². The molecule has 1 aliphatic rings. The Bertz CT molecular complexity index is 1010. The molecule has 2 aromatic heterocycles. The van der Waals surface area contributed by atoms with E-state index in [1.807, 2.05) is 0 Å². The third-order valence-corrected chi connectivity index (χ3v) is 4.67. The van der Waals surface area contributed by atoms with Crippen molar-refractivity contribution >= 4 is 17.4 Å². The second kappa shape index (κ2) is 5.80. The standard InChI is InChI=1S/C17H13FN4OS/c1-2-9-24-16-19-15-13(10-5-7-12(18)8-6-10)14(11-3-4-11)21-22(15)17(23)20-16/h1,5-8,11H,3-4,9H2,(H,19,20,23). The zero-order chi connectivity index (χ0) is 16.7. The average molecular weight is 340 g/mol. The van der Waals surface area contributed by atoms with Gasteiger partial charge in [0.15, 0.2) is 10.8 Å². The molecule has 0 aliphatic heterocycles. The van der Waals surface area contributed by atoms with Gasteiger partial charge < -0.3 is 0 Å². The average Bonchev–Trinajstić information content (AvgIpc) is 3.35. The van der Waals surface area contributed by atoms with E-state index in [4.69, 9.17) is 6.42 Å². The molecule has 5 nitrogen and oxygen atoms in total.